The second-order valence-corrected chi connectivity index (χ2v) is 7.68. The zero-order valence-corrected chi connectivity index (χ0v) is 17.4. The summed E-state index contributed by atoms with van der Waals surface area (Å²) in [6, 6.07) is 0. The van der Waals surface area contributed by atoms with Crippen LogP contribution in [0.15, 0.2) is 9.90 Å². The van der Waals surface area contributed by atoms with Gasteiger partial charge < -0.3 is 18.9 Å². The van der Waals surface area contributed by atoms with Crippen LogP contribution in [0, 0.1) is 6.92 Å². The van der Waals surface area contributed by atoms with Crippen molar-refractivity contribution in [3.8, 4) is 0 Å². The first-order chi connectivity index (χ1) is 13.5. The number of aromatic nitrogens is 3. The molecular formula is C18H27N5O4S. The molecule has 1 fully saturated rings. The summed E-state index contributed by atoms with van der Waals surface area (Å²) in [4.78, 5) is 25.3. The first kappa shape index (κ1) is 20.8. The van der Waals surface area contributed by atoms with Crippen molar-refractivity contribution in [1.29, 1.82) is 0 Å². The smallest absolute Gasteiger partial charge is 0.252 e. The highest BCUT2D eigenvalue weighted by Crippen LogP contribution is 2.21. The minimum Gasteiger partial charge on any atom is -0.375 e. The largest absolute Gasteiger partial charge is 0.375 e. The standard InChI is InChI=1S/C18H27N5O4S/c1-13(25-3)18-20-15(12-28-18)9-22-5-4-6-23(8-7-22)17(24)11-26-10-16-19-14(2)21-27-16/h12-13H,4-11H2,1-3H3. The molecule has 1 saturated heterocycles. The van der Waals surface area contributed by atoms with Gasteiger partial charge in [0, 0.05) is 45.2 Å². The summed E-state index contributed by atoms with van der Waals surface area (Å²) in [6.07, 6.45) is 0.951. The van der Waals surface area contributed by atoms with Gasteiger partial charge in [0.1, 0.15) is 24.3 Å². The third-order valence-corrected chi connectivity index (χ3v) is 5.67. The van der Waals surface area contributed by atoms with E-state index >= 15 is 0 Å². The van der Waals surface area contributed by atoms with Gasteiger partial charge in [-0.2, -0.15) is 4.98 Å². The molecule has 9 nitrogen and oxygen atoms in total. The summed E-state index contributed by atoms with van der Waals surface area (Å²) in [6.45, 7) is 7.90. The quantitative estimate of drug-likeness (QED) is 0.651. The summed E-state index contributed by atoms with van der Waals surface area (Å²) >= 11 is 1.63. The van der Waals surface area contributed by atoms with Gasteiger partial charge >= 0.3 is 0 Å². The second kappa shape index (κ2) is 10.1. The number of carbonyl (C=O) groups is 1. The molecule has 0 radical (unpaired) electrons. The lowest BCUT2D eigenvalue weighted by atomic mass is 10.3. The Morgan fingerprint density at radius 1 is 1.32 bits per heavy atom. The van der Waals surface area contributed by atoms with Crippen LogP contribution in [-0.4, -0.2) is 70.7 Å². The zero-order chi connectivity index (χ0) is 19.9. The van der Waals surface area contributed by atoms with E-state index in [1.54, 1.807) is 25.4 Å². The average Bonchev–Trinajstić information content (AvgIpc) is 3.25. The van der Waals surface area contributed by atoms with Crippen molar-refractivity contribution in [2.45, 2.75) is 39.5 Å². The highest BCUT2D eigenvalue weighted by atomic mass is 32.1. The van der Waals surface area contributed by atoms with E-state index in [-0.39, 0.29) is 25.2 Å². The average molecular weight is 410 g/mol. The lowest BCUT2D eigenvalue weighted by molar-refractivity contribution is -0.136. The van der Waals surface area contributed by atoms with Crippen molar-refractivity contribution in [3.63, 3.8) is 0 Å². The molecular weight excluding hydrogens is 382 g/mol. The van der Waals surface area contributed by atoms with Gasteiger partial charge in [-0.25, -0.2) is 4.98 Å². The van der Waals surface area contributed by atoms with E-state index in [1.165, 1.54) is 0 Å². The molecule has 0 spiro atoms. The number of thiazole rings is 1. The molecule has 1 aliphatic rings. The van der Waals surface area contributed by atoms with Gasteiger partial charge in [0.25, 0.3) is 5.89 Å². The molecule has 1 atom stereocenters. The molecule has 0 bridgehead atoms. The van der Waals surface area contributed by atoms with Gasteiger partial charge in [0.2, 0.25) is 5.91 Å². The van der Waals surface area contributed by atoms with Crippen LogP contribution in [0.25, 0.3) is 0 Å². The Bertz CT molecular complexity index is 765. The summed E-state index contributed by atoms with van der Waals surface area (Å²) in [5.74, 6) is 0.933. The minimum atomic E-state index is -0.0112. The first-order valence-corrected chi connectivity index (χ1v) is 10.3. The Balaban J connectivity index is 1.42. The first-order valence-electron chi connectivity index (χ1n) is 9.39. The van der Waals surface area contributed by atoms with Crippen molar-refractivity contribution in [3.05, 3.63) is 27.8 Å². The number of aryl methyl sites for hydroxylation is 1. The molecule has 154 valence electrons. The van der Waals surface area contributed by atoms with Crippen molar-refractivity contribution >= 4 is 17.2 Å². The molecule has 2 aromatic rings. The molecule has 3 rings (SSSR count). The second-order valence-electron chi connectivity index (χ2n) is 6.79. The van der Waals surface area contributed by atoms with Crippen LogP contribution < -0.4 is 0 Å². The van der Waals surface area contributed by atoms with Crippen LogP contribution >= 0.6 is 11.3 Å². The van der Waals surface area contributed by atoms with Gasteiger partial charge in [-0.05, 0) is 20.3 Å². The summed E-state index contributed by atoms with van der Waals surface area (Å²) in [5.41, 5.74) is 1.06. The number of ether oxygens (including phenoxy) is 2. The van der Waals surface area contributed by atoms with Gasteiger partial charge in [-0.1, -0.05) is 5.16 Å². The Morgan fingerprint density at radius 2 is 2.18 bits per heavy atom. The van der Waals surface area contributed by atoms with E-state index in [1.807, 2.05) is 11.8 Å². The number of hydrogen-bond donors (Lipinski definition) is 0. The Hall–Kier alpha value is -1.88. The highest BCUT2D eigenvalue weighted by Gasteiger charge is 2.20. The van der Waals surface area contributed by atoms with Crippen molar-refractivity contribution in [1.82, 2.24) is 24.9 Å². The number of nitrogens with zero attached hydrogens (tertiary/aromatic N) is 5. The van der Waals surface area contributed by atoms with Crippen LogP contribution in [0.3, 0.4) is 0 Å². The molecule has 3 heterocycles. The lowest BCUT2D eigenvalue weighted by Gasteiger charge is -2.21. The van der Waals surface area contributed by atoms with Crippen LogP contribution in [0.1, 0.15) is 41.9 Å². The molecule has 28 heavy (non-hydrogen) atoms. The number of carbonyl (C=O) groups excluding carboxylic acids is 1. The normalized spacial score (nSPS) is 16.9. The maximum atomic E-state index is 12.4. The molecule has 0 N–H and O–H groups in total. The highest BCUT2D eigenvalue weighted by molar-refractivity contribution is 7.09. The fourth-order valence-corrected chi connectivity index (χ4v) is 3.85. The fraction of sp³-hybridized carbons (Fsp3) is 0.667. The SMILES string of the molecule is COC(C)c1nc(CN2CCCN(C(=O)COCc3nc(C)no3)CC2)cs1. The zero-order valence-electron chi connectivity index (χ0n) is 16.6. The third kappa shape index (κ3) is 5.81. The maximum Gasteiger partial charge on any atom is 0.252 e. The van der Waals surface area contributed by atoms with Crippen molar-refractivity contribution < 1.29 is 18.8 Å². The summed E-state index contributed by atoms with van der Waals surface area (Å²) in [7, 11) is 1.69. The monoisotopic (exact) mass is 409 g/mol. The molecule has 0 aromatic carbocycles. The molecule has 2 aromatic heterocycles. The fourth-order valence-electron chi connectivity index (χ4n) is 3.01. The van der Waals surface area contributed by atoms with Gasteiger partial charge in [0.05, 0.1) is 5.69 Å². The maximum absolute atomic E-state index is 12.4. The van der Waals surface area contributed by atoms with Crippen LogP contribution in [-0.2, 0) is 27.4 Å². The number of hydrogen-bond acceptors (Lipinski definition) is 9. The predicted molar refractivity (Wildman–Crippen MR) is 103 cm³/mol. The minimum absolute atomic E-state index is 0.0112. The van der Waals surface area contributed by atoms with Gasteiger partial charge in [-0.15, -0.1) is 11.3 Å². The van der Waals surface area contributed by atoms with Crippen molar-refractivity contribution in [2.75, 3.05) is 39.9 Å². The van der Waals surface area contributed by atoms with Crippen molar-refractivity contribution in [2.24, 2.45) is 0 Å². The third-order valence-electron chi connectivity index (χ3n) is 4.62. The van der Waals surface area contributed by atoms with Crippen LogP contribution in [0.5, 0.6) is 0 Å². The molecule has 0 saturated carbocycles. The molecule has 10 heteroatoms. The molecule has 1 unspecified atom stereocenters. The predicted octanol–water partition coefficient (Wildman–Crippen LogP) is 1.79. The topological polar surface area (TPSA) is 93.8 Å². The Morgan fingerprint density at radius 3 is 2.93 bits per heavy atom. The lowest BCUT2D eigenvalue weighted by Crippen LogP contribution is -2.37. The molecule has 1 aliphatic heterocycles. The molecule has 1 amide bonds. The van der Waals surface area contributed by atoms with E-state index in [4.69, 9.17) is 14.0 Å². The number of amides is 1. The van der Waals surface area contributed by atoms with E-state index in [2.05, 4.69) is 25.4 Å². The Labute approximate surface area is 168 Å². The van der Waals surface area contributed by atoms with Gasteiger partial charge in [0.15, 0.2) is 5.82 Å². The number of methoxy groups -OCH3 is 1. The summed E-state index contributed by atoms with van der Waals surface area (Å²) < 4.78 is 15.7. The summed E-state index contributed by atoms with van der Waals surface area (Å²) in [5, 5.41) is 6.78. The molecule has 0 aliphatic carbocycles. The Kier molecular flexibility index (Phi) is 7.49. The van der Waals surface area contributed by atoms with E-state index < -0.39 is 0 Å². The van der Waals surface area contributed by atoms with Gasteiger partial charge in [-0.3, -0.25) is 9.69 Å². The van der Waals surface area contributed by atoms with E-state index in [0.29, 0.717) is 18.3 Å². The van der Waals surface area contributed by atoms with Crippen LogP contribution in [0.4, 0.5) is 0 Å². The van der Waals surface area contributed by atoms with E-state index in [9.17, 15) is 4.79 Å². The van der Waals surface area contributed by atoms with E-state index in [0.717, 1.165) is 43.3 Å². The number of rotatable bonds is 8. The van der Waals surface area contributed by atoms with Crippen LogP contribution in [0.2, 0.25) is 0 Å².